The fourth-order valence-electron chi connectivity index (χ4n) is 2.65. The standard InChI is InChI=1S/C21H29N3O3.HI/c1-5-22-21(23-13-17-10-9-15(2)11-20(17)27-4)24-14-19(25)16-7-6-8-18(12-16)26-3;/h6-12,19,25H,5,13-14H2,1-4H3,(H2,22,23,24);1H. The van der Waals surface area contributed by atoms with Crippen LogP contribution in [0.15, 0.2) is 47.5 Å². The molecule has 6 nitrogen and oxygen atoms in total. The van der Waals surface area contributed by atoms with Crippen LogP contribution in [0.3, 0.4) is 0 Å². The molecule has 0 spiro atoms. The maximum Gasteiger partial charge on any atom is 0.191 e. The van der Waals surface area contributed by atoms with E-state index in [1.54, 1.807) is 14.2 Å². The number of guanidine groups is 1. The maximum absolute atomic E-state index is 10.4. The van der Waals surface area contributed by atoms with Crippen molar-refractivity contribution in [2.24, 2.45) is 4.99 Å². The number of aliphatic hydroxyl groups excluding tert-OH is 1. The first-order chi connectivity index (χ1) is 13.1. The van der Waals surface area contributed by atoms with Gasteiger partial charge in [0.25, 0.3) is 0 Å². The van der Waals surface area contributed by atoms with Gasteiger partial charge in [-0.15, -0.1) is 24.0 Å². The SMILES string of the molecule is CCNC(=NCc1ccc(C)cc1OC)NCC(O)c1cccc(OC)c1.I. The van der Waals surface area contributed by atoms with Crippen LogP contribution in [0.1, 0.15) is 29.7 Å². The molecule has 154 valence electrons. The van der Waals surface area contributed by atoms with E-state index in [2.05, 4.69) is 15.6 Å². The van der Waals surface area contributed by atoms with Gasteiger partial charge in [0.15, 0.2) is 5.96 Å². The second kappa shape index (κ2) is 12.5. The summed E-state index contributed by atoms with van der Waals surface area (Å²) in [5, 5.41) is 16.8. The lowest BCUT2D eigenvalue weighted by molar-refractivity contribution is 0.180. The van der Waals surface area contributed by atoms with Crippen LogP contribution in [0.4, 0.5) is 0 Å². The molecule has 1 atom stereocenters. The molecule has 7 heteroatoms. The van der Waals surface area contributed by atoms with Crippen molar-refractivity contribution in [3.63, 3.8) is 0 Å². The van der Waals surface area contributed by atoms with Crippen LogP contribution in [-0.2, 0) is 6.54 Å². The van der Waals surface area contributed by atoms with E-state index in [9.17, 15) is 5.11 Å². The normalized spacial score (nSPS) is 12.0. The van der Waals surface area contributed by atoms with Crippen molar-refractivity contribution in [3.8, 4) is 11.5 Å². The molecule has 2 aromatic rings. The molecule has 3 N–H and O–H groups in total. The smallest absolute Gasteiger partial charge is 0.191 e. The molecule has 0 fully saturated rings. The number of hydrogen-bond donors (Lipinski definition) is 3. The minimum Gasteiger partial charge on any atom is -0.497 e. The molecular weight excluding hydrogens is 469 g/mol. The Balaban J connectivity index is 0.00000392. The molecule has 1 unspecified atom stereocenters. The average molecular weight is 499 g/mol. The van der Waals surface area contributed by atoms with Gasteiger partial charge in [-0.05, 0) is 43.2 Å². The van der Waals surface area contributed by atoms with Gasteiger partial charge in [0.2, 0.25) is 0 Å². The molecule has 0 aliphatic rings. The number of hydrogen-bond acceptors (Lipinski definition) is 4. The molecule has 0 radical (unpaired) electrons. The lowest BCUT2D eigenvalue weighted by atomic mass is 10.1. The van der Waals surface area contributed by atoms with E-state index in [1.165, 1.54) is 0 Å². The number of benzene rings is 2. The zero-order valence-electron chi connectivity index (χ0n) is 16.9. The minimum absolute atomic E-state index is 0. The third-order valence-corrected chi connectivity index (χ3v) is 4.14. The number of ether oxygens (including phenoxy) is 2. The zero-order valence-corrected chi connectivity index (χ0v) is 19.2. The maximum atomic E-state index is 10.4. The molecule has 0 aromatic heterocycles. The van der Waals surface area contributed by atoms with Crippen LogP contribution in [-0.4, -0.2) is 38.4 Å². The third-order valence-electron chi connectivity index (χ3n) is 4.14. The quantitative estimate of drug-likeness (QED) is 0.295. The lowest BCUT2D eigenvalue weighted by Crippen LogP contribution is -2.39. The Morgan fingerprint density at radius 3 is 2.57 bits per heavy atom. The van der Waals surface area contributed by atoms with Gasteiger partial charge in [-0.3, -0.25) is 0 Å². The van der Waals surface area contributed by atoms with Gasteiger partial charge in [-0.2, -0.15) is 0 Å². The Bertz CT molecular complexity index is 768. The number of aliphatic hydroxyl groups is 1. The highest BCUT2D eigenvalue weighted by molar-refractivity contribution is 14.0. The first-order valence-corrected chi connectivity index (χ1v) is 9.05. The molecular formula is C21H30IN3O3. The number of methoxy groups -OCH3 is 2. The Kier molecular flexibility index (Phi) is 10.7. The summed E-state index contributed by atoms with van der Waals surface area (Å²) >= 11 is 0. The molecule has 0 saturated carbocycles. The Morgan fingerprint density at radius 2 is 1.89 bits per heavy atom. The van der Waals surface area contributed by atoms with Crippen LogP contribution in [0.5, 0.6) is 11.5 Å². The summed E-state index contributed by atoms with van der Waals surface area (Å²) in [4.78, 5) is 4.60. The van der Waals surface area contributed by atoms with E-state index in [-0.39, 0.29) is 24.0 Å². The van der Waals surface area contributed by atoms with Gasteiger partial charge in [-0.25, -0.2) is 4.99 Å². The van der Waals surface area contributed by atoms with Gasteiger partial charge in [0, 0.05) is 18.7 Å². The molecule has 28 heavy (non-hydrogen) atoms. The first-order valence-electron chi connectivity index (χ1n) is 9.05. The largest absolute Gasteiger partial charge is 0.497 e. The molecule has 0 bridgehead atoms. The van der Waals surface area contributed by atoms with Gasteiger partial charge < -0.3 is 25.2 Å². The minimum atomic E-state index is -0.669. The fourth-order valence-corrected chi connectivity index (χ4v) is 2.65. The summed E-state index contributed by atoms with van der Waals surface area (Å²) in [6, 6.07) is 13.5. The Labute approximate surface area is 184 Å². The number of halogens is 1. The van der Waals surface area contributed by atoms with Crippen molar-refractivity contribution >= 4 is 29.9 Å². The van der Waals surface area contributed by atoms with Crippen molar-refractivity contribution in [3.05, 3.63) is 59.2 Å². The second-order valence-corrected chi connectivity index (χ2v) is 6.18. The number of aliphatic imine (C=N–C) groups is 1. The van der Waals surface area contributed by atoms with E-state index >= 15 is 0 Å². The van der Waals surface area contributed by atoms with Crippen LogP contribution >= 0.6 is 24.0 Å². The molecule has 2 rings (SSSR count). The summed E-state index contributed by atoms with van der Waals surface area (Å²) in [6.07, 6.45) is -0.669. The molecule has 0 amide bonds. The monoisotopic (exact) mass is 499 g/mol. The number of nitrogens with zero attached hydrogens (tertiary/aromatic N) is 1. The van der Waals surface area contributed by atoms with Gasteiger partial charge in [-0.1, -0.05) is 24.3 Å². The van der Waals surface area contributed by atoms with E-state index in [4.69, 9.17) is 9.47 Å². The lowest BCUT2D eigenvalue weighted by Gasteiger charge is -2.16. The summed E-state index contributed by atoms with van der Waals surface area (Å²) in [5.74, 6) is 2.19. The molecule has 0 heterocycles. The summed E-state index contributed by atoms with van der Waals surface area (Å²) < 4.78 is 10.6. The highest BCUT2D eigenvalue weighted by Gasteiger charge is 2.10. The molecule has 0 aliphatic heterocycles. The van der Waals surface area contributed by atoms with Crippen molar-refractivity contribution < 1.29 is 14.6 Å². The number of nitrogens with one attached hydrogen (secondary N) is 2. The summed E-state index contributed by atoms with van der Waals surface area (Å²) in [7, 11) is 3.27. The highest BCUT2D eigenvalue weighted by atomic mass is 127. The summed E-state index contributed by atoms with van der Waals surface area (Å²) in [6.45, 7) is 5.58. The predicted molar refractivity (Wildman–Crippen MR) is 124 cm³/mol. The molecule has 2 aromatic carbocycles. The van der Waals surface area contributed by atoms with Gasteiger partial charge >= 0.3 is 0 Å². The third kappa shape index (κ3) is 7.20. The van der Waals surface area contributed by atoms with Crippen LogP contribution < -0.4 is 20.1 Å². The van der Waals surface area contributed by atoms with E-state index in [0.29, 0.717) is 19.0 Å². The van der Waals surface area contributed by atoms with Crippen LogP contribution in [0.2, 0.25) is 0 Å². The van der Waals surface area contributed by atoms with Crippen molar-refractivity contribution in [2.45, 2.75) is 26.5 Å². The van der Waals surface area contributed by atoms with Crippen molar-refractivity contribution in [1.29, 1.82) is 0 Å². The molecule has 0 aliphatic carbocycles. The zero-order chi connectivity index (χ0) is 19.6. The van der Waals surface area contributed by atoms with Crippen LogP contribution in [0.25, 0.3) is 0 Å². The summed E-state index contributed by atoms with van der Waals surface area (Å²) in [5.41, 5.74) is 2.94. The average Bonchev–Trinajstić information content (AvgIpc) is 2.70. The Hall–Kier alpha value is -2.00. The predicted octanol–water partition coefficient (Wildman–Crippen LogP) is 3.42. The van der Waals surface area contributed by atoms with E-state index < -0.39 is 6.10 Å². The number of rotatable bonds is 8. The molecule has 0 saturated heterocycles. The highest BCUT2D eigenvalue weighted by Crippen LogP contribution is 2.21. The topological polar surface area (TPSA) is 75.1 Å². The van der Waals surface area contributed by atoms with Crippen molar-refractivity contribution in [2.75, 3.05) is 27.3 Å². The van der Waals surface area contributed by atoms with Crippen molar-refractivity contribution in [1.82, 2.24) is 10.6 Å². The van der Waals surface area contributed by atoms with Crippen LogP contribution in [0, 0.1) is 6.92 Å². The van der Waals surface area contributed by atoms with E-state index in [0.717, 1.165) is 34.7 Å². The van der Waals surface area contributed by atoms with E-state index in [1.807, 2.05) is 56.3 Å². The number of aryl methyl sites for hydroxylation is 1. The first kappa shape index (κ1) is 24.0. The second-order valence-electron chi connectivity index (χ2n) is 6.18. The Morgan fingerprint density at radius 1 is 1.11 bits per heavy atom. The van der Waals surface area contributed by atoms with Gasteiger partial charge in [0.05, 0.1) is 26.9 Å². The van der Waals surface area contributed by atoms with Gasteiger partial charge in [0.1, 0.15) is 11.5 Å². The fraction of sp³-hybridized carbons (Fsp3) is 0.381.